The Morgan fingerprint density at radius 3 is 2.31 bits per heavy atom. The molecule has 0 saturated carbocycles. The van der Waals surface area contributed by atoms with Crippen LogP contribution < -0.4 is 4.90 Å². The Hall–Kier alpha value is -3.87. The van der Waals surface area contributed by atoms with Crippen LogP contribution in [0.4, 0.5) is 19.3 Å². The highest BCUT2D eigenvalue weighted by molar-refractivity contribution is 6.21. The van der Waals surface area contributed by atoms with Crippen molar-refractivity contribution in [2.75, 3.05) is 11.9 Å². The van der Waals surface area contributed by atoms with E-state index in [-0.39, 0.29) is 5.56 Å². The number of fused-ring (bicyclic) bond motifs is 1. The number of anilines is 1. The summed E-state index contributed by atoms with van der Waals surface area (Å²) in [6.07, 6.45) is 0. The van der Waals surface area contributed by atoms with Gasteiger partial charge in [-0.25, -0.2) is 13.6 Å². The molecule has 0 spiro atoms. The predicted molar refractivity (Wildman–Crippen MR) is 105 cm³/mol. The fraction of sp³-hybridized carbons (Fsp3) is 0.0455. The Labute approximate surface area is 165 Å². The summed E-state index contributed by atoms with van der Waals surface area (Å²) in [6.45, 7) is 0. The van der Waals surface area contributed by atoms with Crippen LogP contribution in [0.3, 0.4) is 0 Å². The van der Waals surface area contributed by atoms with Crippen molar-refractivity contribution in [1.29, 1.82) is 0 Å². The summed E-state index contributed by atoms with van der Waals surface area (Å²) in [6, 6.07) is 18.2. The zero-order chi connectivity index (χ0) is 20.5. The minimum Gasteiger partial charge on any atom is -0.295 e. The molecule has 0 fully saturated rings. The van der Waals surface area contributed by atoms with Gasteiger partial charge in [0.15, 0.2) is 11.6 Å². The number of benzene rings is 3. The molecule has 0 atom stereocenters. The Morgan fingerprint density at radius 1 is 0.897 bits per heavy atom. The van der Waals surface area contributed by atoms with Gasteiger partial charge in [0.05, 0.1) is 5.69 Å². The van der Waals surface area contributed by atoms with Gasteiger partial charge in [-0.05, 0) is 24.3 Å². The minimum atomic E-state index is -1.18. The van der Waals surface area contributed by atoms with Crippen molar-refractivity contribution in [2.45, 2.75) is 0 Å². The summed E-state index contributed by atoms with van der Waals surface area (Å²) < 4.78 is 26.9. The first-order valence-electron chi connectivity index (χ1n) is 8.78. The molecule has 3 aromatic carbocycles. The lowest BCUT2D eigenvalue weighted by molar-refractivity contribution is 0.0811. The van der Waals surface area contributed by atoms with E-state index in [0.29, 0.717) is 27.5 Å². The number of halogens is 2. The third-order valence-corrected chi connectivity index (χ3v) is 4.59. The fourth-order valence-corrected chi connectivity index (χ4v) is 3.10. The number of carbonyl (C=O) groups excluding carboxylic acids is 2. The SMILES string of the molecule is CN1C(=O)N(C(=O)c2ccc(F)c(F)c2)N=C(c2ccccc2)c2ccccc21. The third-order valence-electron chi connectivity index (χ3n) is 4.59. The summed E-state index contributed by atoms with van der Waals surface area (Å²) in [4.78, 5) is 27.3. The number of hydrogen-bond acceptors (Lipinski definition) is 3. The van der Waals surface area contributed by atoms with E-state index in [9.17, 15) is 18.4 Å². The monoisotopic (exact) mass is 391 g/mol. The quantitative estimate of drug-likeness (QED) is 0.649. The molecule has 29 heavy (non-hydrogen) atoms. The summed E-state index contributed by atoms with van der Waals surface area (Å²) in [5.74, 6) is -3.12. The number of para-hydroxylation sites is 1. The van der Waals surface area contributed by atoms with E-state index in [0.717, 1.165) is 18.2 Å². The Balaban J connectivity index is 1.89. The van der Waals surface area contributed by atoms with Gasteiger partial charge in [-0.2, -0.15) is 5.10 Å². The Kier molecular flexibility index (Phi) is 4.64. The second-order valence-electron chi connectivity index (χ2n) is 6.42. The molecule has 0 saturated heterocycles. The van der Waals surface area contributed by atoms with Gasteiger partial charge in [0.1, 0.15) is 5.71 Å². The highest BCUT2D eigenvalue weighted by Gasteiger charge is 2.32. The van der Waals surface area contributed by atoms with Crippen molar-refractivity contribution in [1.82, 2.24) is 5.01 Å². The molecule has 0 aliphatic carbocycles. The van der Waals surface area contributed by atoms with E-state index < -0.39 is 23.6 Å². The van der Waals surface area contributed by atoms with Crippen molar-refractivity contribution in [3.8, 4) is 0 Å². The van der Waals surface area contributed by atoms with Crippen LogP contribution in [-0.2, 0) is 0 Å². The van der Waals surface area contributed by atoms with Crippen LogP contribution in [0.1, 0.15) is 21.5 Å². The minimum absolute atomic E-state index is 0.187. The van der Waals surface area contributed by atoms with E-state index in [1.807, 2.05) is 36.4 Å². The molecule has 5 nitrogen and oxygen atoms in total. The van der Waals surface area contributed by atoms with Gasteiger partial charge in [-0.3, -0.25) is 9.69 Å². The van der Waals surface area contributed by atoms with Gasteiger partial charge in [-0.1, -0.05) is 48.5 Å². The van der Waals surface area contributed by atoms with Gasteiger partial charge in [-0.15, -0.1) is 5.01 Å². The molecule has 0 radical (unpaired) electrons. The molecule has 0 N–H and O–H groups in total. The highest BCUT2D eigenvalue weighted by Crippen LogP contribution is 2.28. The van der Waals surface area contributed by atoms with Gasteiger partial charge in [0.25, 0.3) is 5.91 Å². The second kappa shape index (κ2) is 7.27. The first-order chi connectivity index (χ1) is 14.0. The molecule has 144 valence electrons. The zero-order valence-electron chi connectivity index (χ0n) is 15.3. The van der Waals surface area contributed by atoms with Crippen LogP contribution in [0.25, 0.3) is 0 Å². The van der Waals surface area contributed by atoms with Crippen molar-refractivity contribution in [3.05, 3.63) is 101 Å². The van der Waals surface area contributed by atoms with Gasteiger partial charge in [0, 0.05) is 23.7 Å². The standard InChI is InChI=1S/C22H15F2N3O2/c1-26-19-10-6-5-9-16(19)20(14-7-3-2-4-8-14)25-27(22(26)29)21(28)15-11-12-17(23)18(24)13-15/h2-13H,1H3. The molecule has 0 unspecified atom stereocenters. The maximum Gasteiger partial charge on any atom is 0.352 e. The molecule has 1 aliphatic heterocycles. The van der Waals surface area contributed by atoms with E-state index in [1.165, 1.54) is 11.9 Å². The molecular weight excluding hydrogens is 376 g/mol. The predicted octanol–water partition coefficient (Wildman–Crippen LogP) is 4.43. The molecule has 3 aromatic rings. The number of nitrogens with zero attached hydrogens (tertiary/aromatic N) is 3. The largest absolute Gasteiger partial charge is 0.352 e. The number of rotatable bonds is 2. The van der Waals surface area contributed by atoms with Crippen molar-refractivity contribution >= 4 is 23.3 Å². The molecule has 1 aliphatic rings. The van der Waals surface area contributed by atoms with Crippen LogP contribution in [0, 0.1) is 11.6 Å². The third kappa shape index (κ3) is 3.27. The van der Waals surface area contributed by atoms with E-state index >= 15 is 0 Å². The Bertz CT molecular complexity index is 1150. The molecule has 1 heterocycles. The van der Waals surface area contributed by atoms with Gasteiger partial charge in [0.2, 0.25) is 0 Å². The number of hydrazone groups is 1. The first-order valence-corrected chi connectivity index (χ1v) is 8.78. The summed E-state index contributed by atoms with van der Waals surface area (Å²) in [5.41, 5.74) is 2.16. The smallest absolute Gasteiger partial charge is 0.295 e. The average molecular weight is 391 g/mol. The van der Waals surface area contributed by atoms with Crippen molar-refractivity contribution in [3.63, 3.8) is 0 Å². The maximum absolute atomic E-state index is 13.6. The van der Waals surface area contributed by atoms with Crippen molar-refractivity contribution < 1.29 is 18.4 Å². The number of carbonyl (C=O) groups is 2. The molecule has 4 rings (SSSR count). The van der Waals surface area contributed by atoms with Crippen LogP contribution in [0.2, 0.25) is 0 Å². The molecule has 7 heteroatoms. The van der Waals surface area contributed by atoms with E-state index in [2.05, 4.69) is 5.10 Å². The highest BCUT2D eigenvalue weighted by atomic mass is 19.2. The lowest BCUT2D eigenvalue weighted by Crippen LogP contribution is -2.41. The molecular formula is C22H15F2N3O2. The summed E-state index contributed by atoms with van der Waals surface area (Å²) in [7, 11) is 1.52. The van der Waals surface area contributed by atoms with Crippen LogP contribution in [0.15, 0.2) is 77.9 Å². The van der Waals surface area contributed by atoms with Gasteiger partial charge < -0.3 is 0 Å². The number of amides is 3. The zero-order valence-corrected chi connectivity index (χ0v) is 15.3. The van der Waals surface area contributed by atoms with Crippen molar-refractivity contribution in [2.24, 2.45) is 5.10 Å². The topological polar surface area (TPSA) is 53.0 Å². The van der Waals surface area contributed by atoms with Crippen LogP contribution >= 0.6 is 0 Å². The summed E-state index contributed by atoms with van der Waals surface area (Å²) in [5, 5.41) is 5.02. The lowest BCUT2D eigenvalue weighted by atomic mass is 10.0. The maximum atomic E-state index is 13.6. The molecule has 3 amide bonds. The van der Waals surface area contributed by atoms with Crippen LogP contribution in [0.5, 0.6) is 0 Å². The normalized spacial score (nSPS) is 13.6. The fourth-order valence-electron chi connectivity index (χ4n) is 3.10. The van der Waals surface area contributed by atoms with E-state index in [1.54, 1.807) is 18.2 Å². The number of hydrogen-bond donors (Lipinski definition) is 0. The summed E-state index contributed by atoms with van der Waals surface area (Å²) >= 11 is 0. The lowest BCUT2D eigenvalue weighted by Gasteiger charge is -2.21. The number of urea groups is 1. The second-order valence-corrected chi connectivity index (χ2v) is 6.42. The van der Waals surface area contributed by atoms with Gasteiger partial charge >= 0.3 is 6.03 Å². The number of imide groups is 1. The molecule has 0 aromatic heterocycles. The average Bonchev–Trinajstić information content (AvgIpc) is 2.86. The first kappa shape index (κ1) is 18.5. The molecule has 0 bridgehead atoms. The van der Waals surface area contributed by atoms with E-state index in [4.69, 9.17) is 0 Å². The Morgan fingerprint density at radius 2 is 1.59 bits per heavy atom. The van der Waals surface area contributed by atoms with Crippen LogP contribution in [-0.4, -0.2) is 29.7 Å².